The zero-order chi connectivity index (χ0) is 52.6. The minimum atomic E-state index is -0.934. The zero-order valence-electron chi connectivity index (χ0n) is 40.9. The highest BCUT2D eigenvalue weighted by molar-refractivity contribution is 8.93. The highest BCUT2D eigenvalue weighted by Crippen LogP contribution is 2.47. The van der Waals surface area contributed by atoms with Crippen LogP contribution in [0.25, 0.3) is 0 Å². The van der Waals surface area contributed by atoms with Gasteiger partial charge in [0, 0.05) is 52.4 Å². The van der Waals surface area contributed by atoms with Gasteiger partial charge in [-0.1, -0.05) is 123 Å². The summed E-state index contributed by atoms with van der Waals surface area (Å²) in [5.41, 5.74) is -0.864. The lowest BCUT2D eigenvalue weighted by Crippen LogP contribution is -2.61. The first kappa shape index (κ1) is 59.7. The third kappa shape index (κ3) is 11.8. The summed E-state index contributed by atoms with van der Waals surface area (Å²) in [5, 5.41) is 20.2. The van der Waals surface area contributed by atoms with Gasteiger partial charge in [0.2, 0.25) is 10.9 Å². The van der Waals surface area contributed by atoms with Crippen LogP contribution in [0, 0.1) is 11.6 Å². The standard InChI is InChI=1S/C35H32ClFN2O5.C21H20ClFN2O5.2CH4.BrH/c1-38-22-35(17-26(18-35)43-20-23-9-4-2-5-10-23)39-19-27(29(40)16-15-25-13-8-14-28(36)30(25)37)32(41)33(31(39)34(38)42)44-21-24-11-6-3-7-12-24;1-24-10-21(7-12(26)8-21)25-9-13(18(28)19(29)17(25)20(24)30)15(27)6-5-11-3-2-4-14(22)16(11)23;;;/h2-14,19,26H,15-18,20-22H2,1H3;2-4,9,12,26,29H,5-8,10H2,1H3;2*1H4;1H. The molecular weight excluding hydrogens is 1100 g/mol. The minimum absolute atomic E-state index is 0. The maximum atomic E-state index is 14.5. The van der Waals surface area contributed by atoms with Crippen LogP contribution in [0.4, 0.5) is 8.78 Å². The number of hydrogen-bond donors (Lipinski definition) is 2. The van der Waals surface area contributed by atoms with E-state index >= 15 is 0 Å². The third-order valence-corrected chi connectivity index (χ3v) is 15.0. The number of carbonyl (C=O) groups is 4. The molecule has 77 heavy (non-hydrogen) atoms. The van der Waals surface area contributed by atoms with E-state index in [1.165, 1.54) is 40.1 Å². The molecule has 2 N–H and O–H groups in total. The number of likely N-dealkylation sites (N-methyl/N-ethyl adjacent to an activating group) is 2. The van der Waals surface area contributed by atoms with Gasteiger partial charge in [0.25, 0.3) is 11.8 Å². The van der Waals surface area contributed by atoms with E-state index in [0.717, 1.165) is 11.1 Å². The Balaban J connectivity index is 0.000000256. The number of Topliss-reactive ketones (excluding diaryl/α,β-unsaturated/α-hetero) is 2. The first-order valence-electron chi connectivity index (χ1n) is 24.1. The minimum Gasteiger partial charge on any atom is -0.503 e. The molecule has 10 rings (SSSR count). The predicted molar refractivity (Wildman–Crippen MR) is 295 cm³/mol. The Labute approximate surface area is 465 Å². The van der Waals surface area contributed by atoms with Gasteiger partial charge in [-0.05, 0) is 72.9 Å². The Morgan fingerprint density at radius 2 is 1.08 bits per heavy atom. The van der Waals surface area contributed by atoms with Crippen LogP contribution in [0.2, 0.25) is 10.0 Å². The van der Waals surface area contributed by atoms with Crippen LogP contribution in [0.15, 0.2) is 119 Å². The summed E-state index contributed by atoms with van der Waals surface area (Å²) in [7, 11) is 3.26. The highest BCUT2D eigenvalue weighted by Gasteiger charge is 2.53. The molecule has 2 fully saturated rings. The Hall–Kier alpha value is -6.50. The number of ether oxygens (including phenoxy) is 2. The fourth-order valence-electron chi connectivity index (χ4n) is 10.6. The quantitative estimate of drug-likeness (QED) is 0.0998. The number of aromatic hydroxyl groups is 1. The summed E-state index contributed by atoms with van der Waals surface area (Å²) in [6, 6.07) is 28.3. The van der Waals surface area contributed by atoms with Gasteiger partial charge in [0.1, 0.15) is 18.2 Å². The Morgan fingerprint density at radius 3 is 1.57 bits per heavy atom. The largest absolute Gasteiger partial charge is 0.503 e. The van der Waals surface area contributed by atoms with Crippen LogP contribution < -0.4 is 15.6 Å². The molecule has 2 aliphatic heterocycles. The van der Waals surface area contributed by atoms with Gasteiger partial charge in [-0.25, -0.2) is 8.78 Å². The van der Waals surface area contributed by atoms with Crippen LogP contribution in [0.1, 0.15) is 117 Å². The van der Waals surface area contributed by atoms with Crippen LogP contribution in [0.3, 0.4) is 0 Å². The zero-order valence-corrected chi connectivity index (χ0v) is 44.1. The summed E-state index contributed by atoms with van der Waals surface area (Å²) in [4.78, 5) is 82.0. The average molecular weight is 1160 g/mol. The first-order valence-corrected chi connectivity index (χ1v) is 24.9. The summed E-state index contributed by atoms with van der Waals surface area (Å²) in [5.74, 6) is -4.07. The highest BCUT2D eigenvalue weighted by atomic mass is 79.9. The van der Waals surface area contributed by atoms with Gasteiger partial charge in [-0.3, -0.25) is 28.8 Å². The molecule has 0 radical (unpaired) electrons. The molecule has 6 aromatic rings. The van der Waals surface area contributed by atoms with Crippen molar-refractivity contribution in [3.8, 4) is 11.5 Å². The molecule has 2 spiro atoms. The van der Waals surface area contributed by atoms with E-state index in [1.54, 1.807) is 41.8 Å². The van der Waals surface area contributed by atoms with Crippen molar-refractivity contribution in [1.82, 2.24) is 18.9 Å². The number of aliphatic hydroxyl groups is 1. The second-order valence-corrected chi connectivity index (χ2v) is 20.4. The Bertz CT molecular complexity index is 3310. The smallest absolute Gasteiger partial charge is 0.274 e. The number of aliphatic hydroxyl groups excluding tert-OH is 1. The van der Waals surface area contributed by atoms with E-state index in [2.05, 4.69) is 0 Å². The summed E-state index contributed by atoms with van der Waals surface area (Å²) < 4.78 is 44.1. The number of fused-ring (bicyclic) bond motifs is 4. The van der Waals surface area contributed by atoms with Crippen LogP contribution >= 0.6 is 40.2 Å². The van der Waals surface area contributed by atoms with E-state index in [1.807, 2.05) is 60.7 Å². The van der Waals surface area contributed by atoms with E-state index in [0.29, 0.717) is 45.4 Å². The topological polar surface area (TPSA) is 178 Å². The van der Waals surface area contributed by atoms with Gasteiger partial charge in [0.05, 0.1) is 51.1 Å². The number of benzene rings is 4. The number of carbonyl (C=O) groups excluding carboxylic acids is 4. The SMILES string of the molecule is Br.C.C.CN1CC2(CC(O)C2)n2cc(C(=O)CCc3cccc(Cl)c3F)c(=O)c(O)c2C1=O.CN1CC2(CC(OCc3ccccc3)C2)n2cc(C(=O)CCc3cccc(Cl)c3F)c(=O)c(OCc3ccccc3)c2C1=O. The van der Waals surface area contributed by atoms with E-state index in [-0.39, 0.29) is 126 Å². The molecule has 2 aromatic heterocycles. The van der Waals surface area contributed by atoms with Crippen molar-refractivity contribution in [3.05, 3.63) is 196 Å². The second-order valence-electron chi connectivity index (χ2n) is 19.6. The molecule has 0 bridgehead atoms. The molecule has 19 heteroatoms. The maximum absolute atomic E-state index is 14.5. The normalized spacial score (nSPS) is 19.7. The molecule has 2 saturated carbocycles. The molecule has 0 saturated heterocycles. The molecule has 14 nitrogen and oxygen atoms in total. The van der Waals surface area contributed by atoms with E-state index in [9.17, 15) is 47.8 Å². The molecule has 4 aromatic carbocycles. The molecule has 408 valence electrons. The van der Waals surface area contributed by atoms with Crippen LogP contribution in [-0.2, 0) is 41.9 Å². The number of nitrogens with zero attached hydrogens (tertiary/aromatic N) is 4. The average Bonchev–Trinajstić information content (AvgIpc) is 3.40. The molecule has 0 unspecified atom stereocenters. The molecule has 2 amide bonds. The summed E-state index contributed by atoms with van der Waals surface area (Å²) in [6.45, 7) is 1.19. The molecule has 2 aliphatic carbocycles. The monoisotopic (exact) mass is 1160 g/mol. The molecule has 0 atom stereocenters. The molecular formula is C58H61BrCl2F2N4O10. The van der Waals surface area contributed by atoms with E-state index < -0.39 is 62.9 Å². The fraction of sp³-hybridized carbons (Fsp3) is 0.345. The summed E-state index contributed by atoms with van der Waals surface area (Å²) in [6.07, 6.45) is 3.82. The van der Waals surface area contributed by atoms with Crippen LogP contribution in [-0.4, -0.2) is 91.9 Å². The van der Waals surface area contributed by atoms with Crippen molar-refractivity contribution in [3.63, 3.8) is 0 Å². The van der Waals surface area contributed by atoms with Gasteiger partial charge >= 0.3 is 0 Å². The predicted octanol–water partition coefficient (Wildman–Crippen LogP) is 10.1. The number of aryl methyl sites for hydroxylation is 2. The number of amides is 2. The lowest BCUT2D eigenvalue weighted by Gasteiger charge is -2.53. The Morgan fingerprint density at radius 1 is 0.636 bits per heavy atom. The first-order chi connectivity index (χ1) is 35.4. The fourth-order valence-corrected chi connectivity index (χ4v) is 10.9. The van der Waals surface area contributed by atoms with Crippen molar-refractivity contribution in [2.45, 2.75) is 103 Å². The van der Waals surface area contributed by atoms with Crippen molar-refractivity contribution < 1.29 is 47.6 Å². The molecule has 4 aliphatic rings. The van der Waals surface area contributed by atoms with Crippen LogP contribution in [0.5, 0.6) is 11.5 Å². The number of pyridine rings is 2. The number of halogens is 5. The maximum Gasteiger partial charge on any atom is 0.274 e. The lowest BCUT2D eigenvalue weighted by atomic mass is 9.72. The van der Waals surface area contributed by atoms with Gasteiger partial charge in [-0.2, -0.15) is 0 Å². The summed E-state index contributed by atoms with van der Waals surface area (Å²) >= 11 is 11.7. The van der Waals surface area contributed by atoms with Crippen molar-refractivity contribution in [1.29, 1.82) is 0 Å². The van der Waals surface area contributed by atoms with Crippen molar-refractivity contribution in [2.75, 3.05) is 27.2 Å². The number of ketones is 2. The Kier molecular flexibility index (Phi) is 19.0. The number of aromatic nitrogens is 2. The van der Waals surface area contributed by atoms with Gasteiger partial charge in [-0.15, -0.1) is 17.0 Å². The lowest BCUT2D eigenvalue weighted by molar-refractivity contribution is -0.0929. The third-order valence-electron chi connectivity index (χ3n) is 14.4. The molecule has 4 heterocycles. The van der Waals surface area contributed by atoms with Gasteiger partial charge in [0.15, 0.2) is 34.5 Å². The second kappa shape index (κ2) is 24.4. The van der Waals surface area contributed by atoms with Gasteiger partial charge < -0.3 is 38.6 Å². The van der Waals surface area contributed by atoms with Crippen molar-refractivity contribution >= 4 is 63.6 Å². The van der Waals surface area contributed by atoms with E-state index in [4.69, 9.17) is 32.7 Å². The van der Waals surface area contributed by atoms with Crippen molar-refractivity contribution in [2.24, 2.45) is 0 Å². The number of rotatable bonds is 14. The number of hydrogen-bond acceptors (Lipinski definition) is 10.